The highest BCUT2D eigenvalue weighted by Gasteiger charge is 2.27. The van der Waals surface area contributed by atoms with Crippen molar-refractivity contribution in [3.63, 3.8) is 0 Å². The van der Waals surface area contributed by atoms with Gasteiger partial charge in [-0.2, -0.15) is 13.2 Å². The molecule has 0 aliphatic heterocycles. The van der Waals surface area contributed by atoms with E-state index in [2.05, 4.69) is 0 Å². The fourth-order valence-corrected chi connectivity index (χ4v) is 2.44. The maximum atomic E-state index is 12.4. The molecule has 8 heteroatoms. The van der Waals surface area contributed by atoms with Crippen LogP contribution in [-0.4, -0.2) is 36.5 Å². The molecule has 1 aromatic heterocycles. The van der Waals surface area contributed by atoms with Gasteiger partial charge in [-0.05, 0) is 37.6 Å². The second kappa shape index (κ2) is 7.63. The van der Waals surface area contributed by atoms with Crippen molar-refractivity contribution in [2.45, 2.75) is 26.6 Å². The lowest BCUT2D eigenvalue weighted by Crippen LogP contribution is -2.33. The van der Waals surface area contributed by atoms with Crippen LogP contribution in [0.1, 0.15) is 37.8 Å². The summed E-state index contributed by atoms with van der Waals surface area (Å²) in [6.45, 7) is 2.37. The highest BCUT2D eigenvalue weighted by molar-refractivity contribution is 5.95. The predicted molar refractivity (Wildman–Crippen MR) is 88.8 cm³/mol. The highest BCUT2D eigenvalue weighted by atomic mass is 19.4. The van der Waals surface area contributed by atoms with Crippen LogP contribution in [0.2, 0.25) is 0 Å². The Labute approximate surface area is 148 Å². The Morgan fingerprint density at radius 3 is 2.27 bits per heavy atom. The van der Waals surface area contributed by atoms with Crippen LogP contribution in [0.25, 0.3) is 0 Å². The van der Waals surface area contributed by atoms with E-state index in [0.29, 0.717) is 17.1 Å². The van der Waals surface area contributed by atoms with Gasteiger partial charge in [-0.3, -0.25) is 9.59 Å². The first-order chi connectivity index (χ1) is 12.1. The minimum Gasteiger partial charge on any atom is -0.466 e. The second-order valence-corrected chi connectivity index (χ2v) is 5.98. The fourth-order valence-electron chi connectivity index (χ4n) is 2.44. The van der Waals surface area contributed by atoms with Crippen molar-refractivity contribution < 1.29 is 27.2 Å². The molecular formula is C18H19F3N2O3. The van der Waals surface area contributed by atoms with Crippen LogP contribution >= 0.6 is 0 Å². The molecule has 2 rings (SSSR count). The molecule has 0 bridgehead atoms. The Bertz CT molecular complexity index is 795. The maximum absolute atomic E-state index is 12.4. The minimum atomic E-state index is -4.46. The van der Waals surface area contributed by atoms with E-state index in [1.807, 2.05) is 5.32 Å². The summed E-state index contributed by atoms with van der Waals surface area (Å²) < 4.78 is 41.7. The molecule has 1 aromatic carbocycles. The van der Waals surface area contributed by atoms with Gasteiger partial charge in [-0.1, -0.05) is 12.1 Å². The molecule has 26 heavy (non-hydrogen) atoms. The maximum Gasteiger partial charge on any atom is 0.405 e. The van der Waals surface area contributed by atoms with Crippen molar-refractivity contribution >= 4 is 11.8 Å². The summed E-state index contributed by atoms with van der Waals surface area (Å²) in [6.07, 6.45) is -4.46. The molecule has 5 nitrogen and oxygen atoms in total. The van der Waals surface area contributed by atoms with Crippen LogP contribution < -0.4 is 5.32 Å². The zero-order chi connectivity index (χ0) is 19.5. The lowest BCUT2D eigenvalue weighted by atomic mass is 10.1. The first kappa shape index (κ1) is 19.6. The average Bonchev–Trinajstić information content (AvgIpc) is 2.90. The van der Waals surface area contributed by atoms with Gasteiger partial charge in [0, 0.05) is 19.2 Å². The van der Waals surface area contributed by atoms with Crippen LogP contribution in [0, 0.1) is 13.8 Å². The van der Waals surface area contributed by atoms with E-state index in [0.717, 1.165) is 5.56 Å². The van der Waals surface area contributed by atoms with E-state index in [1.165, 1.54) is 17.0 Å². The average molecular weight is 368 g/mol. The number of rotatable bonds is 5. The van der Waals surface area contributed by atoms with Crippen molar-refractivity contribution in [2.24, 2.45) is 0 Å². The summed E-state index contributed by atoms with van der Waals surface area (Å²) in [5.41, 5.74) is 1.34. The van der Waals surface area contributed by atoms with Crippen LogP contribution in [0.5, 0.6) is 0 Å². The molecule has 0 aliphatic rings. The van der Waals surface area contributed by atoms with Gasteiger partial charge in [0.15, 0.2) is 0 Å². The number of hydrogen-bond donors (Lipinski definition) is 1. The number of halogens is 3. The normalized spacial score (nSPS) is 11.3. The van der Waals surface area contributed by atoms with Crippen molar-refractivity contribution in [1.29, 1.82) is 0 Å². The van der Waals surface area contributed by atoms with Crippen LogP contribution in [0.4, 0.5) is 13.2 Å². The number of furan rings is 1. The number of carbonyl (C=O) groups is 2. The topological polar surface area (TPSA) is 62.6 Å². The number of nitrogens with one attached hydrogen (secondary N) is 1. The quantitative estimate of drug-likeness (QED) is 0.879. The minimum absolute atomic E-state index is 0.119. The molecular weight excluding hydrogens is 349 g/mol. The van der Waals surface area contributed by atoms with E-state index in [4.69, 9.17) is 4.42 Å². The molecule has 0 aliphatic carbocycles. The predicted octanol–water partition coefficient (Wildman–Crippen LogP) is 3.46. The lowest BCUT2D eigenvalue weighted by Gasteiger charge is -2.17. The number of nitrogens with zero attached hydrogens (tertiary/aromatic N) is 1. The smallest absolute Gasteiger partial charge is 0.405 e. The number of amides is 2. The van der Waals surface area contributed by atoms with Crippen LogP contribution in [0.3, 0.4) is 0 Å². The molecule has 0 radical (unpaired) electrons. The zero-order valence-corrected chi connectivity index (χ0v) is 14.6. The summed E-state index contributed by atoms with van der Waals surface area (Å²) in [7, 11) is 1.63. The highest BCUT2D eigenvalue weighted by Crippen LogP contribution is 2.17. The van der Waals surface area contributed by atoms with E-state index in [9.17, 15) is 22.8 Å². The van der Waals surface area contributed by atoms with Gasteiger partial charge in [-0.25, -0.2) is 0 Å². The van der Waals surface area contributed by atoms with Crippen molar-refractivity contribution in [3.05, 3.63) is 58.5 Å². The Morgan fingerprint density at radius 1 is 1.15 bits per heavy atom. The third-order valence-electron chi connectivity index (χ3n) is 3.70. The summed E-state index contributed by atoms with van der Waals surface area (Å²) in [5.74, 6) is 0.179. The second-order valence-electron chi connectivity index (χ2n) is 5.98. The first-order valence-electron chi connectivity index (χ1n) is 7.83. The van der Waals surface area contributed by atoms with Crippen molar-refractivity contribution in [2.75, 3.05) is 13.6 Å². The zero-order valence-electron chi connectivity index (χ0n) is 14.6. The number of benzene rings is 1. The van der Waals surface area contributed by atoms with Gasteiger partial charge in [0.2, 0.25) is 0 Å². The van der Waals surface area contributed by atoms with Crippen LogP contribution in [0.15, 0.2) is 34.7 Å². The molecule has 0 saturated carbocycles. The standard InChI is InChI=1S/C18H19F3N2O3/c1-11-8-15(12(2)26-11)17(25)23(3)9-13-4-6-14(7-5-13)16(24)22-10-18(19,20)21/h4-8H,9-10H2,1-3H3,(H,22,24). The van der Waals surface area contributed by atoms with Crippen molar-refractivity contribution in [3.8, 4) is 0 Å². The molecule has 1 heterocycles. The summed E-state index contributed by atoms with van der Waals surface area (Å²) >= 11 is 0. The van der Waals surface area contributed by atoms with Gasteiger partial charge < -0.3 is 14.6 Å². The Morgan fingerprint density at radius 2 is 1.77 bits per heavy atom. The van der Waals surface area contributed by atoms with Gasteiger partial charge in [0.25, 0.3) is 11.8 Å². The SMILES string of the molecule is Cc1cc(C(=O)N(C)Cc2ccc(C(=O)NCC(F)(F)F)cc2)c(C)o1. The number of hydrogen-bond acceptors (Lipinski definition) is 3. The molecule has 140 valence electrons. The van der Waals surface area contributed by atoms with Gasteiger partial charge >= 0.3 is 6.18 Å². The van der Waals surface area contributed by atoms with Gasteiger partial charge in [0.05, 0.1) is 5.56 Å². The number of alkyl halides is 3. The molecule has 2 amide bonds. The summed E-state index contributed by atoms with van der Waals surface area (Å²) in [5, 5.41) is 1.81. The molecule has 0 atom stereocenters. The van der Waals surface area contributed by atoms with Crippen molar-refractivity contribution in [1.82, 2.24) is 10.2 Å². The molecule has 2 aromatic rings. The number of carbonyl (C=O) groups excluding carboxylic acids is 2. The molecule has 0 unspecified atom stereocenters. The third-order valence-corrected chi connectivity index (χ3v) is 3.70. The monoisotopic (exact) mass is 368 g/mol. The first-order valence-corrected chi connectivity index (χ1v) is 7.83. The Kier molecular flexibility index (Phi) is 5.74. The van der Waals surface area contributed by atoms with E-state index < -0.39 is 18.6 Å². The molecule has 1 N–H and O–H groups in total. The Balaban J connectivity index is 1.99. The summed E-state index contributed by atoms with van der Waals surface area (Å²) in [4.78, 5) is 25.6. The molecule has 0 fully saturated rings. The lowest BCUT2D eigenvalue weighted by molar-refractivity contribution is -0.123. The van der Waals surface area contributed by atoms with Crippen LogP contribution in [-0.2, 0) is 6.54 Å². The fraction of sp³-hybridized carbons (Fsp3) is 0.333. The van der Waals surface area contributed by atoms with E-state index >= 15 is 0 Å². The van der Waals surface area contributed by atoms with E-state index in [1.54, 1.807) is 39.1 Å². The van der Waals surface area contributed by atoms with Gasteiger partial charge in [-0.15, -0.1) is 0 Å². The summed E-state index contributed by atoms with van der Waals surface area (Å²) in [6, 6.07) is 7.71. The third kappa shape index (κ3) is 5.11. The molecule has 0 spiro atoms. The number of aryl methyl sites for hydroxylation is 2. The van der Waals surface area contributed by atoms with E-state index in [-0.39, 0.29) is 18.0 Å². The molecule has 0 saturated heterocycles. The van der Waals surface area contributed by atoms with Gasteiger partial charge in [0.1, 0.15) is 18.1 Å². The largest absolute Gasteiger partial charge is 0.466 e. The Hall–Kier alpha value is -2.77.